The van der Waals surface area contributed by atoms with E-state index in [-0.39, 0.29) is 0 Å². The zero-order valence-corrected chi connectivity index (χ0v) is 18.5. The Hall–Kier alpha value is -3.76. The van der Waals surface area contributed by atoms with Gasteiger partial charge in [-0.25, -0.2) is 9.55 Å². The average Bonchev–Trinajstić information content (AvgIpc) is 3.21. The van der Waals surface area contributed by atoms with Crippen LogP contribution in [-0.2, 0) is 17.7 Å². The van der Waals surface area contributed by atoms with Gasteiger partial charge in [-0.15, -0.1) is 0 Å². The topological polar surface area (TPSA) is 81.7 Å². The van der Waals surface area contributed by atoms with E-state index in [1.54, 1.807) is 13.2 Å². The van der Waals surface area contributed by atoms with E-state index in [0.29, 0.717) is 18.1 Å². The number of nitrogens with one attached hydrogen (secondary N) is 1. The van der Waals surface area contributed by atoms with E-state index >= 15 is 0 Å². The van der Waals surface area contributed by atoms with Gasteiger partial charge in [-0.05, 0) is 30.2 Å². The van der Waals surface area contributed by atoms with Crippen LogP contribution in [0.2, 0.25) is 0 Å². The molecule has 0 bridgehead atoms. The molecular formula is C25H27N6O+. The Kier molecular flexibility index (Phi) is 6.73. The molecule has 0 spiro atoms. The van der Waals surface area contributed by atoms with Crippen molar-refractivity contribution in [2.24, 2.45) is 0 Å². The van der Waals surface area contributed by atoms with Crippen molar-refractivity contribution in [3.63, 3.8) is 0 Å². The molecule has 0 fully saturated rings. The first kappa shape index (κ1) is 21.5. The molecule has 0 amide bonds. The first-order valence-electron chi connectivity index (χ1n) is 10.7. The molecule has 7 heteroatoms. The zero-order valence-electron chi connectivity index (χ0n) is 18.5. The predicted molar refractivity (Wildman–Crippen MR) is 124 cm³/mol. The van der Waals surface area contributed by atoms with Crippen molar-refractivity contribution >= 4 is 17.1 Å². The van der Waals surface area contributed by atoms with E-state index in [2.05, 4.69) is 49.8 Å². The maximum atomic E-state index is 9.31. The number of H-pyrrole nitrogens is 1. The van der Waals surface area contributed by atoms with Crippen molar-refractivity contribution in [3.8, 4) is 17.5 Å². The van der Waals surface area contributed by atoms with Gasteiger partial charge in [0.25, 0.3) is 0 Å². The van der Waals surface area contributed by atoms with Crippen LogP contribution in [0.15, 0.2) is 60.8 Å². The molecule has 0 saturated carbocycles. The lowest BCUT2D eigenvalue weighted by molar-refractivity contribution is -0.662. The fourth-order valence-corrected chi connectivity index (χ4v) is 3.73. The first-order chi connectivity index (χ1) is 15.7. The van der Waals surface area contributed by atoms with Crippen molar-refractivity contribution in [1.29, 1.82) is 5.26 Å². The van der Waals surface area contributed by atoms with Crippen molar-refractivity contribution in [1.82, 2.24) is 15.0 Å². The van der Waals surface area contributed by atoms with Crippen LogP contribution in [-0.4, -0.2) is 42.3 Å². The molecule has 0 aliphatic rings. The normalized spacial score (nSPS) is 10.9. The third-order valence-electron chi connectivity index (χ3n) is 5.45. The molecule has 0 radical (unpaired) electrons. The summed E-state index contributed by atoms with van der Waals surface area (Å²) >= 11 is 0. The summed E-state index contributed by atoms with van der Waals surface area (Å²) in [7, 11) is 3.72. The van der Waals surface area contributed by atoms with Gasteiger partial charge in [-0.2, -0.15) is 5.26 Å². The fraction of sp³-hybridized carbons (Fsp3) is 0.280. The number of nitrogens with zero attached hydrogens (tertiary/aromatic N) is 5. The summed E-state index contributed by atoms with van der Waals surface area (Å²) in [5.41, 5.74) is 4.56. The van der Waals surface area contributed by atoms with Gasteiger partial charge in [0.1, 0.15) is 0 Å². The number of aryl methyl sites for hydroxylation is 1. The molecule has 0 atom stereocenters. The molecule has 0 unspecified atom stereocenters. The van der Waals surface area contributed by atoms with Crippen LogP contribution >= 0.6 is 0 Å². The van der Waals surface area contributed by atoms with E-state index in [9.17, 15) is 5.26 Å². The SMILES string of the molecule is COCCC[n+]1c(-c2cccc(C#N)c2)[nH]c2cnc(N(C)CCc3ccccc3)nc21. The number of hydrogen-bond acceptors (Lipinski definition) is 5. The highest BCUT2D eigenvalue weighted by molar-refractivity contribution is 5.71. The summed E-state index contributed by atoms with van der Waals surface area (Å²) in [5, 5.41) is 9.31. The summed E-state index contributed by atoms with van der Waals surface area (Å²) in [4.78, 5) is 15.0. The van der Waals surface area contributed by atoms with Crippen LogP contribution in [0.3, 0.4) is 0 Å². The van der Waals surface area contributed by atoms with E-state index in [4.69, 9.17) is 9.72 Å². The van der Waals surface area contributed by atoms with E-state index in [0.717, 1.165) is 48.5 Å². The van der Waals surface area contributed by atoms with Gasteiger partial charge in [-0.1, -0.05) is 41.4 Å². The molecule has 32 heavy (non-hydrogen) atoms. The average molecular weight is 428 g/mol. The molecule has 2 aromatic heterocycles. The van der Waals surface area contributed by atoms with Gasteiger partial charge < -0.3 is 9.64 Å². The Balaban J connectivity index is 1.67. The van der Waals surface area contributed by atoms with E-state index < -0.39 is 0 Å². The standard InChI is InChI=1S/C25H26N6O/c1-30(14-12-19-8-4-3-5-9-19)25-27-18-22-24(29-25)31(13-7-15-32-2)23(28-22)21-11-6-10-20(16-21)17-26/h3-6,8-11,16,18H,7,12-15H2,1-2H3/p+1. The Morgan fingerprint density at radius 3 is 2.78 bits per heavy atom. The van der Waals surface area contributed by atoms with Gasteiger partial charge in [-0.3, -0.25) is 4.98 Å². The second kappa shape index (κ2) is 10.0. The number of benzene rings is 2. The third kappa shape index (κ3) is 4.76. The van der Waals surface area contributed by atoms with Crippen molar-refractivity contribution in [3.05, 3.63) is 71.9 Å². The molecule has 2 aromatic carbocycles. The Morgan fingerprint density at radius 1 is 1.16 bits per heavy atom. The number of ether oxygens (including phenoxy) is 1. The number of aromatic nitrogens is 4. The lowest BCUT2D eigenvalue weighted by atomic mass is 10.1. The number of imidazole rings is 1. The Morgan fingerprint density at radius 2 is 2.00 bits per heavy atom. The Bertz CT molecular complexity index is 1230. The van der Waals surface area contributed by atoms with Crippen molar-refractivity contribution < 1.29 is 9.30 Å². The smallest absolute Gasteiger partial charge is 0.307 e. The lowest BCUT2D eigenvalue weighted by Gasteiger charge is -2.14. The molecule has 0 aliphatic carbocycles. The zero-order chi connectivity index (χ0) is 22.3. The molecule has 0 saturated heterocycles. The van der Waals surface area contributed by atoms with Crippen molar-refractivity contribution in [2.45, 2.75) is 19.4 Å². The highest BCUT2D eigenvalue weighted by atomic mass is 16.5. The number of nitriles is 1. The molecule has 1 N–H and O–H groups in total. The second-order valence-electron chi connectivity index (χ2n) is 7.73. The first-order valence-corrected chi connectivity index (χ1v) is 10.7. The van der Waals surface area contributed by atoms with Crippen molar-refractivity contribution in [2.75, 3.05) is 32.2 Å². The number of hydrogen-bond donors (Lipinski definition) is 1. The van der Waals surface area contributed by atoms with Crippen LogP contribution in [0.25, 0.3) is 22.6 Å². The number of likely N-dealkylation sites (N-methyl/N-ethyl adjacent to an activating group) is 1. The van der Waals surface area contributed by atoms with Crippen LogP contribution in [0.1, 0.15) is 17.5 Å². The summed E-state index contributed by atoms with van der Waals surface area (Å²) in [6.45, 7) is 2.22. The summed E-state index contributed by atoms with van der Waals surface area (Å²) in [6.07, 6.45) is 3.61. The highest BCUT2D eigenvalue weighted by Gasteiger charge is 2.23. The van der Waals surface area contributed by atoms with Crippen LogP contribution in [0.4, 0.5) is 5.95 Å². The largest absolute Gasteiger partial charge is 0.385 e. The lowest BCUT2D eigenvalue weighted by Crippen LogP contribution is -2.36. The minimum Gasteiger partial charge on any atom is -0.385 e. The summed E-state index contributed by atoms with van der Waals surface area (Å²) < 4.78 is 7.42. The maximum Gasteiger partial charge on any atom is 0.307 e. The van der Waals surface area contributed by atoms with Crippen LogP contribution < -0.4 is 9.47 Å². The van der Waals surface area contributed by atoms with Gasteiger partial charge in [0.05, 0.1) is 24.4 Å². The summed E-state index contributed by atoms with van der Waals surface area (Å²) in [6, 6.07) is 20.2. The number of rotatable bonds is 9. The minimum absolute atomic E-state index is 0.622. The number of fused-ring (bicyclic) bond motifs is 1. The molecular weight excluding hydrogens is 400 g/mol. The number of methoxy groups -OCH3 is 1. The van der Waals surface area contributed by atoms with Crippen LogP contribution in [0, 0.1) is 11.3 Å². The van der Waals surface area contributed by atoms with Gasteiger partial charge in [0.2, 0.25) is 5.82 Å². The van der Waals surface area contributed by atoms with E-state index in [1.807, 2.05) is 37.5 Å². The molecule has 0 aliphatic heterocycles. The molecule has 2 heterocycles. The van der Waals surface area contributed by atoms with Gasteiger partial charge in [0.15, 0.2) is 5.52 Å². The van der Waals surface area contributed by atoms with Gasteiger partial charge >= 0.3 is 11.6 Å². The third-order valence-corrected chi connectivity index (χ3v) is 5.45. The van der Waals surface area contributed by atoms with Crippen LogP contribution in [0.5, 0.6) is 0 Å². The monoisotopic (exact) mass is 427 g/mol. The molecule has 162 valence electrons. The fourth-order valence-electron chi connectivity index (χ4n) is 3.73. The maximum absolute atomic E-state index is 9.31. The molecule has 4 rings (SSSR count). The Labute approximate surface area is 187 Å². The number of aromatic amines is 1. The minimum atomic E-state index is 0.622. The van der Waals surface area contributed by atoms with E-state index in [1.165, 1.54) is 5.56 Å². The predicted octanol–water partition coefficient (Wildman–Crippen LogP) is 3.50. The highest BCUT2D eigenvalue weighted by Crippen LogP contribution is 2.20. The quantitative estimate of drug-likeness (QED) is 0.327. The molecule has 4 aromatic rings. The second-order valence-corrected chi connectivity index (χ2v) is 7.73. The number of anilines is 1. The summed E-state index contributed by atoms with van der Waals surface area (Å²) in [5.74, 6) is 1.59. The molecule has 7 nitrogen and oxygen atoms in total. The van der Waals surface area contributed by atoms with Gasteiger partial charge in [0, 0.05) is 39.3 Å².